The molecule has 3 heterocycles. The van der Waals surface area contributed by atoms with E-state index in [-0.39, 0.29) is 11.4 Å². The number of rotatable bonds is 2. The smallest absolute Gasteiger partial charge is 0.283 e. The molecule has 0 fully saturated rings. The van der Waals surface area contributed by atoms with Crippen LogP contribution in [0.2, 0.25) is 0 Å². The Labute approximate surface area is 161 Å². The third kappa shape index (κ3) is 2.94. The number of amidine groups is 2. The first-order valence-corrected chi connectivity index (χ1v) is 9.39. The third-order valence-electron chi connectivity index (χ3n) is 4.59. The lowest BCUT2D eigenvalue weighted by atomic mass is 10.1. The largest absolute Gasteiger partial charge is 0.318 e. The van der Waals surface area contributed by atoms with Crippen LogP contribution in [0.5, 0.6) is 0 Å². The van der Waals surface area contributed by atoms with Crippen LogP contribution in [0, 0.1) is 26.2 Å². The van der Waals surface area contributed by atoms with Crippen molar-refractivity contribution in [2.75, 3.05) is 0 Å². The highest BCUT2D eigenvalue weighted by atomic mass is 32.2. The molecule has 0 saturated carbocycles. The number of hydrogen-bond acceptors (Lipinski definition) is 4. The predicted molar refractivity (Wildman–Crippen MR) is 111 cm³/mol. The Morgan fingerprint density at radius 2 is 1.93 bits per heavy atom. The molecule has 0 aliphatic carbocycles. The van der Waals surface area contributed by atoms with Crippen LogP contribution in [0.15, 0.2) is 46.0 Å². The van der Waals surface area contributed by atoms with E-state index in [1.165, 1.54) is 22.3 Å². The van der Waals surface area contributed by atoms with E-state index in [9.17, 15) is 4.79 Å². The molecule has 27 heavy (non-hydrogen) atoms. The van der Waals surface area contributed by atoms with Crippen molar-refractivity contribution < 1.29 is 4.79 Å². The summed E-state index contributed by atoms with van der Waals surface area (Å²) in [4.78, 5) is 16.6. The normalized spacial score (nSPS) is 18.1. The van der Waals surface area contributed by atoms with Gasteiger partial charge in [-0.15, -0.1) is 0 Å². The molecule has 2 aromatic rings. The van der Waals surface area contributed by atoms with Gasteiger partial charge in [0.05, 0.1) is 10.6 Å². The first kappa shape index (κ1) is 17.5. The molecular weight excluding hydrogens is 358 g/mol. The van der Waals surface area contributed by atoms with E-state index >= 15 is 0 Å². The lowest BCUT2D eigenvalue weighted by molar-refractivity contribution is -0.114. The minimum absolute atomic E-state index is 0.0645. The number of nitrogens with zero attached hydrogens (tertiary/aromatic N) is 4. The van der Waals surface area contributed by atoms with Crippen molar-refractivity contribution in [1.82, 2.24) is 9.58 Å². The molecule has 0 unspecified atom stereocenters. The number of aliphatic imine (C=N–C) groups is 1. The van der Waals surface area contributed by atoms with Gasteiger partial charge in [0.15, 0.2) is 5.84 Å². The molecule has 1 aromatic carbocycles. The Morgan fingerprint density at radius 1 is 1.15 bits per heavy atom. The summed E-state index contributed by atoms with van der Waals surface area (Å²) in [7, 11) is 0. The number of nitrogens with one attached hydrogen (secondary N) is 1. The van der Waals surface area contributed by atoms with Gasteiger partial charge in [0, 0.05) is 17.1 Å². The van der Waals surface area contributed by atoms with E-state index in [2.05, 4.69) is 39.8 Å². The van der Waals surface area contributed by atoms with Crippen LogP contribution in [0.1, 0.15) is 29.4 Å². The van der Waals surface area contributed by atoms with Crippen molar-refractivity contribution >= 4 is 39.8 Å². The van der Waals surface area contributed by atoms with Crippen LogP contribution in [0.3, 0.4) is 0 Å². The lowest BCUT2D eigenvalue weighted by Crippen LogP contribution is -2.35. The molecule has 1 amide bonds. The molecule has 1 N–H and O–H groups in total. The molecule has 7 heteroatoms. The maximum Gasteiger partial charge on any atom is 0.283 e. The molecule has 136 valence electrons. The van der Waals surface area contributed by atoms with Crippen molar-refractivity contribution in [3.63, 3.8) is 0 Å². The highest BCUT2D eigenvalue weighted by molar-refractivity contribution is 8.26. The minimum Gasteiger partial charge on any atom is -0.318 e. The number of amides is 1. The summed E-state index contributed by atoms with van der Waals surface area (Å²) in [6, 6.07) is 10.3. The minimum atomic E-state index is -0.399. The van der Waals surface area contributed by atoms with Gasteiger partial charge in [0.25, 0.3) is 5.91 Å². The fourth-order valence-corrected chi connectivity index (χ4v) is 4.08. The summed E-state index contributed by atoms with van der Waals surface area (Å²) in [6.45, 7) is 7.95. The third-order valence-corrected chi connectivity index (χ3v) is 5.41. The first-order valence-electron chi connectivity index (χ1n) is 8.58. The molecule has 0 spiro atoms. The van der Waals surface area contributed by atoms with Gasteiger partial charge < -0.3 is 4.57 Å². The second-order valence-electron chi connectivity index (χ2n) is 6.64. The van der Waals surface area contributed by atoms with Crippen molar-refractivity contribution in [2.45, 2.75) is 27.7 Å². The van der Waals surface area contributed by atoms with Crippen LogP contribution in [-0.2, 0) is 4.79 Å². The van der Waals surface area contributed by atoms with E-state index in [0.29, 0.717) is 5.17 Å². The van der Waals surface area contributed by atoms with Crippen LogP contribution in [0.4, 0.5) is 0 Å². The SMILES string of the molecule is CC1=NN2C(=N)/C(=C\c3cc(C)n(-c4cccc(C)c4)c3C)C(=O)N=C2S1. The van der Waals surface area contributed by atoms with Crippen molar-refractivity contribution in [3.05, 3.63) is 58.4 Å². The van der Waals surface area contributed by atoms with Crippen LogP contribution >= 0.6 is 11.8 Å². The lowest BCUT2D eigenvalue weighted by Gasteiger charge is -2.20. The molecule has 0 bridgehead atoms. The molecule has 0 radical (unpaired) electrons. The molecule has 1 aromatic heterocycles. The second kappa shape index (κ2) is 6.35. The number of aryl methyl sites for hydroxylation is 2. The maximum absolute atomic E-state index is 12.5. The monoisotopic (exact) mass is 377 g/mol. The summed E-state index contributed by atoms with van der Waals surface area (Å²) in [5.41, 5.74) is 5.49. The molecule has 2 aliphatic heterocycles. The number of fused-ring (bicyclic) bond motifs is 1. The maximum atomic E-state index is 12.5. The highest BCUT2D eigenvalue weighted by Crippen LogP contribution is 2.29. The zero-order valence-electron chi connectivity index (χ0n) is 15.6. The van der Waals surface area contributed by atoms with Gasteiger partial charge in [-0.3, -0.25) is 10.2 Å². The van der Waals surface area contributed by atoms with Gasteiger partial charge >= 0.3 is 0 Å². The van der Waals surface area contributed by atoms with Gasteiger partial charge in [-0.2, -0.15) is 15.1 Å². The number of thioether (sulfide) groups is 1. The number of carbonyl (C=O) groups is 1. The average molecular weight is 377 g/mol. The van der Waals surface area contributed by atoms with Crippen molar-refractivity contribution in [3.8, 4) is 5.69 Å². The van der Waals surface area contributed by atoms with Crippen LogP contribution in [-0.4, -0.2) is 31.5 Å². The van der Waals surface area contributed by atoms with E-state index < -0.39 is 5.91 Å². The van der Waals surface area contributed by atoms with Crippen LogP contribution in [0.25, 0.3) is 11.8 Å². The first-order chi connectivity index (χ1) is 12.8. The summed E-state index contributed by atoms with van der Waals surface area (Å²) in [6.07, 6.45) is 1.74. The number of hydrazone groups is 1. The Hall–Kier alpha value is -2.93. The van der Waals surface area contributed by atoms with Gasteiger partial charge in [0.1, 0.15) is 0 Å². The van der Waals surface area contributed by atoms with Gasteiger partial charge in [0.2, 0.25) is 5.17 Å². The summed E-state index contributed by atoms with van der Waals surface area (Å²) >= 11 is 1.31. The zero-order valence-corrected chi connectivity index (χ0v) is 16.4. The molecular formula is C20H19N5OS. The Bertz CT molecular complexity index is 1090. The Balaban J connectivity index is 1.78. The Kier molecular flexibility index (Phi) is 4.11. The van der Waals surface area contributed by atoms with Gasteiger partial charge in [-0.05, 0) is 74.9 Å². The standard InChI is InChI=1S/C20H19N5OS/c1-11-6-5-7-16(8-11)24-12(2)9-15(13(24)3)10-17-18(21)25-20(22-19(17)26)27-14(4)23-25/h5-10,21H,1-4H3/b17-10+,21-18?. The average Bonchev–Trinajstić information content (AvgIpc) is 3.10. The zero-order chi connectivity index (χ0) is 19.3. The highest BCUT2D eigenvalue weighted by Gasteiger charge is 2.34. The quantitative estimate of drug-likeness (QED) is 0.803. The van der Waals surface area contributed by atoms with Crippen molar-refractivity contribution in [1.29, 1.82) is 5.41 Å². The predicted octanol–water partition coefficient (Wildman–Crippen LogP) is 4.04. The molecule has 6 nitrogen and oxygen atoms in total. The van der Waals surface area contributed by atoms with Gasteiger partial charge in [-0.1, -0.05) is 12.1 Å². The van der Waals surface area contributed by atoms with Crippen LogP contribution < -0.4 is 0 Å². The fourth-order valence-electron chi connectivity index (χ4n) is 3.34. The Morgan fingerprint density at radius 3 is 2.67 bits per heavy atom. The number of hydrogen-bond donors (Lipinski definition) is 1. The number of carbonyl (C=O) groups excluding carboxylic acids is 1. The molecule has 0 saturated heterocycles. The second-order valence-corrected chi connectivity index (χ2v) is 7.80. The van der Waals surface area contributed by atoms with E-state index in [1.54, 1.807) is 6.08 Å². The molecule has 4 rings (SSSR count). The summed E-state index contributed by atoms with van der Waals surface area (Å²) in [5, 5.41) is 15.3. The number of benzene rings is 1. The summed E-state index contributed by atoms with van der Waals surface area (Å²) in [5.74, 6) is -0.335. The van der Waals surface area contributed by atoms with Crippen molar-refractivity contribution in [2.24, 2.45) is 10.1 Å². The molecule has 2 aliphatic rings. The van der Waals surface area contributed by atoms with E-state index in [1.807, 2.05) is 32.9 Å². The van der Waals surface area contributed by atoms with E-state index in [4.69, 9.17) is 5.41 Å². The number of aromatic nitrogens is 1. The van der Waals surface area contributed by atoms with E-state index in [0.717, 1.165) is 27.7 Å². The summed E-state index contributed by atoms with van der Waals surface area (Å²) < 4.78 is 2.15. The molecule has 0 atom stereocenters. The van der Waals surface area contributed by atoms with Gasteiger partial charge in [-0.25, -0.2) is 0 Å². The fraction of sp³-hybridized carbons (Fsp3) is 0.200. The topological polar surface area (TPSA) is 73.8 Å².